The van der Waals surface area contributed by atoms with Crippen LogP contribution in [0.25, 0.3) is 0 Å². The Hall–Kier alpha value is -0.490. The lowest BCUT2D eigenvalue weighted by Gasteiger charge is -2.43. The second-order valence-electron chi connectivity index (χ2n) is 7.67. The topological polar surface area (TPSA) is 34.6 Å². The van der Waals surface area contributed by atoms with Crippen molar-refractivity contribution < 1.29 is 9.47 Å². The second-order valence-corrected chi connectivity index (χ2v) is 8.79. The van der Waals surface area contributed by atoms with Crippen LogP contribution in [-0.2, 0) is 21.4 Å². The first-order valence-electron chi connectivity index (χ1n) is 8.33. The van der Waals surface area contributed by atoms with Crippen LogP contribution in [0.15, 0.2) is 6.20 Å². The number of aromatic nitrogens is 1. The molecule has 0 aromatic carbocycles. The van der Waals surface area contributed by atoms with Crippen LogP contribution in [0.5, 0.6) is 0 Å². The number of ether oxygens (including phenoxy) is 2. The smallest absolute Gasteiger partial charge is 0.107 e. The first-order valence-corrected chi connectivity index (χ1v) is 9.15. The summed E-state index contributed by atoms with van der Waals surface area (Å²) in [6.07, 6.45) is 4.44. The highest BCUT2D eigenvalue weighted by Gasteiger charge is 2.43. The zero-order valence-electron chi connectivity index (χ0n) is 14.2. The molecule has 0 saturated carbocycles. The summed E-state index contributed by atoms with van der Waals surface area (Å²) in [4.78, 5) is 8.52. The number of hydrogen-bond donors (Lipinski definition) is 0. The fourth-order valence-corrected chi connectivity index (χ4v) is 4.27. The van der Waals surface area contributed by atoms with Crippen molar-refractivity contribution in [2.75, 3.05) is 26.3 Å². The molecule has 3 rings (SSSR count). The number of rotatable bonds is 3. The summed E-state index contributed by atoms with van der Waals surface area (Å²) >= 11 is 1.85. The van der Waals surface area contributed by atoms with Crippen molar-refractivity contribution >= 4 is 11.3 Å². The molecule has 3 heterocycles. The van der Waals surface area contributed by atoms with E-state index in [2.05, 4.69) is 37.6 Å². The molecule has 22 heavy (non-hydrogen) atoms. The van der Waals surface area contributed by atoms with Gasteiger partial charge in [0.15, 0.2) is 0 Å². The molecule has 0 unspecified atom stereocenters. The zero-order chi connectivity index (χ0) is 15.8. The van der Waals surface area contributed by atoms with Crippen LogP contribution in [-0.4, -0.2) is 47.9 Å². The third-order valence-electron chi connectivity index (χ3n) is 4.56. The summed E-state index contributed by atoms with van der Waals surface area (Å²) in [6.45, 7) is 13.4. The van der Waals surface area contributed by atoms with E-state index >= 15 is 0 Å². The van der Waals surface area contributed by atoms with E-state index in [0.717, 1.165) is 45.7 Å². The molecule has 1 aromatic heterocycles. The number of morpholine rings is 1. The molecule has 0 N–H and O–H groups in total. The molecule has 5 heteroatoms. The van der Waals surface area contributed by atoms with Crippen molar-refractivity contribution in [2.45, 2.75) is 64.2 Å². The molecule has 2 saturated heterocycles. The van der Waals surface area contributed by atoms with Crippen molar-refractivity contribution in [2.24, 2.45) is 0 Å². The zero-order valence-corrected chi connectivity index (χ0v) is 15.0. The van der Waals surface area contributed by atoms with Gasteiger partial charge >= 0.3 is 0 Å². The predicted molar refractivity (Wildman–Crippen MR) is 89.4 cm³/mol. The number of nitrogens with zero attached hydrogens (tertiary/aromatic N) is 2. The van der Waals surface area contributed by atoms with Gasteiger partial charge < -0.3 is 9.47 Å². The second kappa shape index (κ2) is 6.19. The highest BCUT2D eigenvalue weighted by Crippen LogP contribution is 2.33. The molecule has 2 fully saturated rings. The van der Waals surface area contributed by atoms with Gasteiger partial charge in [-0.3, -0.25) is 4.90 Å². The van der Waals surface area contributed by atoms with Gasteiger partial charge in [-0.15, -0.1) is 11.3 Å². The van der Waals surface area contributed by atoms with Crippen molar-refractivity contribution in [1.29, 1.82) is 0 Å². The molecule has 0 radical (unpaired) electrons. The average molecular weight is 324 g/mol. The van der Waals surface area contributed by atoms with E-state index in [1.807, 2.05) is 17.5 Å². The Bertz CT molecular complexity index is 503. The minimum atomic E-state index is -0.0803. The maximum absolute atomic E-state index is 6.33. The van der Waals surface area contributed by atoms with Crippen LogP contribution < -0.4 is 0 Å². The average Bonchev–Trinajstić information content (AvgIpc) is 3.08. The lowest BCUT2D eigenvalue weighted by Crippen LogP contribution is -2.55. The summed E-state index contributed by atoms with van der Waals surface area (Å²) in [5.74, 6) is 0. The van der Waals surface area contributed by atoms with E-state index in [9.17, 15) is 0 Å². The summed E-state index contributed by atoms with van der Waals surface area (Å²) in [6, 6.07) is 0. The third kappa shape index (κ3) is 3.53. The van der Waals surface area contributed by atoms with Crippen molar-refractivity contribution in [3.8, 4) is 0 Å². The Kier molecular flexibility index (Phi) is 4.61. The number of thiazole rings is 1. The van der Waals surface area contributed by atoms with E-state index in [1.54, 1.807) is 0 Å². The Labute approximate surface area is 137 Å². The summed E-state index contributed by atoms with van der Waals surface area (Å²) in [5.41, 5.74) is 0.108. The van der Waals surface area contributed by atoms with Crippen LogP contribution in [0.1, 0.15) is 50.4 Å². The van der Waals surface area contributed by atoms with Gasteiger partial charge in [-0.1, -0.05) is 27.7 Å². The van der Waals surface area contributed by atoms with Gasteiger partial charge in [0, 0.05) is 37.2 Å². The molecule has 0 aliphatic carbocycles. The minimum absolute atomic E-state index is 0.0803. The normalized spacial score (nSPS) is 30.3. The van der Waals surface area contributed by atoms with E-state index in [1.165, 1.54) is 9.88 Å². The molecule has 0 amide bonds. The molecular weight excluding hydrogens is 296 g/mol. The summed E-state index contributed by atoms with van der Waals surface area (Å²) < 4.78 is 11.9. The molecule has 2 aliphatic heterocycles. The van der Waals surface area contributed by atoms with Crippen molar-refractivity contribution in [1.82, 2.24) is 9.88 Å². The molecule has 1 aromatic rings. The maximum atomic E-state index is 6.33. The van der Waals surface area contributed by atoms with Gasteiger partial charge in [-0.25, -0.2) is 4.98 Å². The molecule has 0 bridgehead atoms. The van der Waals surface area contributed by atoms with Gasteiger partial charge in [-0.2, -0.15) is 0 Å². The van der Waals surface area contributed by atoms with Crippen LogP contribution in [0, 0.1) is 0 Å². The van der Waals surface area contributed by atoms with Gasteiger partial charge in [0.05, 0.1) is 19.3 Å². The van der Waals surface area contributed by atoms with Crippen LogP contribution in [0.3, 0.4) is 0 Å². The first-order chi connectivity index (χ1) is 10.4. The largest absolute Gasteiger partial charge is 0.378 e. The number of hydrogen-bond acceptors (Lipinski definition) is 5. The lowest BCUT2D eigenvalue weighted by molar-refractivity contribution is -0.156. The lowest BCUT2D eigenvalue weighted by atomic mass is 9.96. The maximum Gasteiger partial charge on any atom is 0.107 e. The third-order valence-corrected chi connectivity index (χ3v) is 5.97. The monoisotopic (exact) mass is 324 g/mol. The van der Waals surface area contributed by atoms with E-state index in [0.29, 0.717) is 6.10 Å². The molecular formula is C17H28N2O2S. The highest BCUT2D eigenvalue weighted by molar-refractivity contribution is 7.11. The quantitative estimate of drug-likeness (QED) is 0.855. The molecule has 4 nitrogen and oxygen atoms in total. The Morgan fingerprint density at radius 3 is 2.86 bits per heavy atom. The van der Waals surface area contributed by atoms with E-state index < -0.39 is 0 Å². The van der Waals surface area contributed by atoms with Gasteiger partial charge in [0.2, 0.25) is 0 Å². The molecule has 124 valence electrons. The fraction of sp³-hybridized carbons (Fsp3) is 0.824. The summed E-state index contributed by atoms with van der Waals surface area (Å²) in [7, 11) is 0. The predicted octanol–water partition coefficient (Wildman–Crippen LogP) is 3.21. The molecule has 1 spiro atoms. The Morgan fingerprint density at radius 2 is 2.27 bits per heavy atom. The van der Waals surface area contributed by atoms with Gasteiger partial charge in [0.25, 0.3) is 0 Å². The van der Waals surface area contributed by atoms with Crippen LogP contribution in [0.2, 0.25) is 0 Å². The van der Waals surface area contributed by atoms with Crippen molar-refractivity contribution in [3.63, 3.8) is 0 Å². The van der Waals surface area contributed by atoms with Gasteiger partial charge in [0.1, 0.15) is 10.6 Å². The summed E-state index contributed by atoms with van der Waals surface area (Å²) in [5, 5.41) is 1.22. The highest BCUT2D eigenvalue weighted by atomic mass is 32.1. The standard InChI is InChI=1S/C17H28N2O2S/c1-5-13-9-19(11-17(21-13)6-7-20-12-17)10-15-18-8-14(22-15)16(2,3)4/h8,13H,5-7,9-12H2,1-4H3/t13-,17+/m0/s1. The fourth-order valence-electron chi connectivity index (χ4n) is 3.25. The van der Waals surface area contributed by atoms with Crippen LogP contribution >= 0.6 is 11.3 Å². The van der Waals surface area contributed by atoms with Crippen molar-refractivity contribution in [3.05, 3.63) is 16.1 Å². The molecule has 2 atom stereocenters. The minimum Gasteiger partial charge on any atom is -0.378 e. The Balaban J connectivity index is 1.69. The molecule has 2 aliphatic rings. The SMILES string of the molecule is CC[C@H]1CN(Cc2ncc(C(C)(C)C)s2)C[C@@]2(CCOC2)O1. The Morgan fingerprint density at radius 1 is 1.45 bits per heavy atom. The van der Waals surface area contributed by atoms with Crippen LogP contribution in [0.4, 0.5) is 0 Å². The first kappa shape index (κ1) is 16.4. The van der Waals surface area contributed by atoms with Gasteiger partial charge in [-0.05, 0) is 11.8 Å². The van der Waals surface area contributed by atoms with E-state index in [4.69, 9.17) is 9.47 Å². The van der Waals surface area contributed by atoms with E-state index in [-0.39, 0.29) is 11.0 Å².